The highest BCUT2D eigenvalue weighted by molar-refractivity contribution is 6.35. The van der Waals surface area contributed by atoms with E-state index in [0.717, 1.165) is 16.7 Å². The number of hydrogen-bond acceptors (Lipinski definition) is 4. The molecule has 20 heavy (non-hydrogen) atoms. The molecule has 1 N–H and O–H groups in total. The van der Waals surface area contributed by atoms with Crippen molar-refractivity contribution in [3.8, 4) is 11.6 Å². The van der Waals surface area contributed by atoms with E-state index in [1.807, 2.05) is 31.3 Å². The zero-order valence-electron chi connectivity index (χ0n) is 10.8. The van der Waals surface area contributed by atoms with Gasteiger partial charge in [0.2, 0.25) is 5.88 Å². The van der Waals surface area contributed by atoms with Crippen LogP contribution in [-0.4, -0.2) is 17.0 Å². The molecule has 0 amide bonds. The van der Waals surface area contributed by atoms with Crippen molar-refractivity contribution in [1.82, 2.24) is 9.97 Å². The van der Waals surface area contributed by atoms with Gasteiger partial charge in [-0.2, -0.15) is 4.98 Å². The third-order valence-electron chi connectivity index (χ3n) is 2.87. The zero-order valence-corrected chi connectivity index (χ0v) is 11.6. The first kappa shape index (κ1) is 12.7. The summed E-state index contributed by atoms with van der Waals surface area (Å²) in [7, 11) is 1.81. The van der Waals surface area contributed by atoms with E-state index >= 15 is 0 Å². The fourth-order valence-electron chi connectivity index (χ4n) is 1.92. The predicted molar refractivity (Wildman–Crippen MR) is 80.6 cm³/mol. The number of ether oxygens (including phenoxy) is 1. The molecule has 3 rings (SSSR count). The molecule has 0 unspecified atom stereocenters. The van der Waals surface area contributed by atoms with Gasteiger partial charge >= 0.3 is 0 Å². The standard InChI is InChI=1S/C15H12ClN3O/c1-17-13-5-2-6-14(19-13)20-12-8-7-11(16)10-4-3-9-18-15(10)12/h2-9H,1H3,(H,17,19). The number of anilines is 1. The molecule has 0 saturated carbocycles. The van der Waals surface area contributed by atoms with Crippen LogP contribution >= 0.6 is 11.6 Å². The molecule has 0 radical (unpaired) electrons. The Morgan fingerprint density at radius 1 is 1.10 bits per heavy atom. The van der Waals surface area contributed by atoms with Crippen LogP contribution in [0.25, 0.3) is 10.9 Å². The van der Waals surface area contributed by atoms with Crippen molar-refractivity contribution >= 4 is 28.3 Å². The average Bonchev–Trinajstić information content (AvgIpc) is 2.51. The highest BCUT2D eigenvalue weighted by Crippen LogP contribution is 2.32. The monoisotopic (exact) mass is 285 g/mol. The molecule has 0 fully saturated rings. The number of rotatable bonds is 3. The second-order valence-corrected chi connectivity index (χ2v) is 4.57. The number of pyridine rings is 2. The molecule has 0 spiro atoms. The third-order valence-corrected chi connectivity index (χ3v) is 3.20. The maximum atomic E-state index is 6.16. The maximum Gasteiger partial charge on any atom is 0.221 e. The van der Waals surface area contributed by atoms with E-state index in [9.17, 15) is 0 Å². The maximum absolute atomic E-state index is 6.16. The molecular weight excluding hydrogens is 274 g/mol. The number of nitrogens with one attached hydrogen (secondary N) is 1. The van der Waals surface area contributed by atoms with Gasteiger partial charge in [0.25, 0.3) is 0 Å². The second-order valence-electron chi connectivity index (χ2n) is 4.16. The molecule has 2 heterocycles. The summed E-state index contributed by atoms with van der Waals surface area (Å²) in [6.45, 7) is 0. The van der Waals surface area contributed by atoms with Crippen LogP contribution in [0.1, 0.15) is 0 Å². The lowest BCUT2D eigenvalue weighted by Gasteiger charge is -2.09. The normalized spacial score (nSPS) is 10.5. The Labute approximate surface area is 121 Å². The molecule has 0 bridgehead atoms. The van der Waals surface area contributed by atoms with Crippen molar-refractivity contribution in [2.75, 3.05) is 12.4 Å². The molecule has 0 atom stereocenters. The highest BCUT2D eigenvalue weighted by Gasteiger charge is 2.08. The minimum Gasteiger partial charge on any atom is -0.437 e. The molecule has 1 aromatic carbocycles. The Kier molecular flexibility index (Phi) is 3.39. The van der Waals surface area contributed by atoms with Crippen LogP contribution in [0.2, 0.25) is 5.02 Å². The lowest BCUT2D eigenvalue weighted by molar-refractivity contribution is 0.468. The van der Waals surface area contributed by atoms with Gasteiger partial charge in [-0.1, -0.05) is 17.7 Å². The van der Waals surface area contributed by atoms with E-state index < -0.39 is 0 Å². The summed E-state index contributed by atoms with van der Waals surface area (Å²) >= 11 is 6.16. The number of halogens is 1. The summed E-state index contributed by atoms with van der Waals surface area (Å²) in [6, 6.07) is 12.9. The molecule has 5 heteroatoms. The Hall–Kier alpha value is -2.33. The van der Waals surface area contributed by atoms with Crippen LogP contribution in [0.3, 0.4) is 0 Å². The van der Waals surface area contributed by atoms with Gasteiger partial charge < -0.3 is 10.1 Å². The first-order chi connectivity index (χ1) is 9.78. The highest BCUT2D eigenvalue weighted by atomic mass is 35.5. The van der Waals surface area contributed by atoms with Crippen molar-refractivity contribution in [3.05, 3.63) is 53.7 Å². The van der Waals surface area contributed by atoms with Gasteiger partial charge in [0.05, 0.1) is 5.02 Å². The predicted octanol–water partition coefficient (Wildman–Crippen LogP) is 4.12. The average molecular weight is 286 g/mol. The van der Waals surface area contributed by atoms with Gasteiger partial charge in [-0.15, -0.1) is 0 Å². The van der Waals surface area contributed by atoms with Gasteiger partial charge in [0.1, 0.15) is 11.3 Å². The Bertz CT molecular complexity index is 761. The van der Waals surface area contributed by atoms with E-state index in [4.69, 9.17) is 16.3 Å². The summed E-state index contributed by atoms with van der Waals surface area (Å²) in [5, 5.41) is 4.48. The van der Waals surface area contributed by atoms with Crippen LogP contribution in [-0.2, 0) is 0 Å². The van der Waals surface area contributed by atoms with Crippen LogP contribution in [0, 0.1) is 0 Å². The minimum atomic E-state index is 0.506. The van der Waals surface area contributed by atoms with Gasteiger partial charge in [0, 0.05) is 24.7 Å². The Morgan fingerprint density at radius 3 is 2.85 bits per heavy atom. The number of fused-ring (bicyclic) bond motifs is 1. The Balaban J connectivity index is 2.04. The summed E-state index contributed by atoms with van der Waals surface area (Å²) in [5.41, 5.74) is 0.719. The van der Waals surface area contributed by atoms with Crippen molar-refractivity contribution in [2.45, 2.75) is 0 Å². The van der Waals surface area contributed by atoms with Crippen LogP contribution in [0.5, 0.6) is 11.6 Å². The molecular formula is C15H12ClN3O. The van der Waals surface area contributed by atoms with Crippen molar-refractivity contribution in [2.24, 2.45) is 0 Å². The summed E-state index contributed by atoms with van der Waals surface area (Å²) in [4.78, 5) is 8.65. The van der Waals surface area contributed by atoms with Crippen molar-refractivity contribution < 1.29 is 4.74 Å². The number of hydrogen-bond donors (Lipinski definition) is 1. The molecule has 0 aliphatic heterocycles. The largest absolute Gasteiger partial charge is 0.437 e. The molecule has 0 saturated heterocycles. The molecule has 4 nitrogen and oxygen atoms in total. The summed E-state index contributed by atoms with van der Waals surface area (Å²) in [5.74, 6) is 1.88. The lowest BCUT2D eigenvalue weighted by Crippen LogP contribution is -1.95. The lowest BCUT2D eigenvalue weighted by atomic mass is 10.2. The fraction of sp³-hybridized carbons (Fsp3) is 0.0667. The molecule has 3 aromatic rings. The quantitative estimate of drug-likeness (QED) is 0.786. The zero-order chi connectivity index (χ0) is 13.9. The minimum absolute atomic E-state index is 0.506. The first-order valence-corrected chi connectivity index (χ1v) is 6.51. The van der Waals surface area contributed by atoms with Crippen LogP contribution in [0.15, 0.2) is 48.7 Å². The van der Waals surface area contributed by atoms with Crippen LogP contribution in [0.4, 0.5) is 5.82 Å². The number of nitrogens with zero attached hydrogens (tertiary/aromatic N) is 2. The van der Waals surface area contributed by atoms with Gasteiger partial charge in [0.15, 0.2) is 5.75 Å². The van der Waals surface area contributed by atoms with Crippen molar-refractivity contribution in [1.29, 1.82) is 0 Å². The van der Waals surface area contributed by atoms with Gasteiger partial charge in [-0.05, 0) is 30.3 Å². The summed E-state index contributed by atoms with van der Waals surface area (Å²) < 4.78 is 5.82. The molecule has 2 aromatic heterocycles. The molecule has 0 aliphatic rings. The third kappa shape index (κ3) is 2.38. The van der Waals surface area contributed by atoms with Gasteiger partial charge in [-0.25, -0.2) is 0 Å². The topological polar surface area (TPSA) is 47.0 Å². The second kappa shape index (κ2) is 5.35. The van der Waals surface area contributed by atoms with E-state index in [-0.39, 0.29) is 0 Å². The van der Waals surface area contributed by atoms with E-state index in [2.05, 4.69) is 15.3 Å². The number of aromatic nitrogens is 2. The Morgan fingerprint density at radius 2 is 2.00 bits per heavy atom. The van der Waals surface area contributed by atoms with Gasteiger partial charge in [-0.3, -0.25) is 4.98 Å². The van der Waals surface area contributed by atoms with E-state index in [1.54, 1.807) is 24.4 Å². The van der Waals surface area contributed by atoms with E-state index in [1.165, 1.54) is 0 Å². The summed E-state index contributed by atoms with van der Waals surface area (Å²) in [6.07, 6.45) is 1.71. The molecule has 100 valence electrons. The van der Waals surface area contributed by atoms with Crippen LogP contribution < -0.4 is 10.1 Å². The molecule has 0 aliphatic carbocycles. The smallest absolute Gasteiger partial charge is 0.221 e. The van der Waals surface area contributed by atoms with Crippen molar-refractivity contribution in [3.63, 3.8) is 0 Å². The SMILES string of the molecule is CNc1cccc(Oc2ccc(Cl)c3cccnc23)n1. The fourth-order valence-corrected chi connectivity index (χ4v) is 2.13. The van der Waals surface area contributed by atoms with E-state index in [0.29, 0.717) is 16.7 Å². The number of benzene rings is 1. The first-order valence-electron chi connectivity index (χ1n) is 6.14.